The molecule has 0 aliphatic heterocycles. The molecular formula is C13H20BrNOS. The minimum absolute atomic E-state index is 0.0726. The first-order valence-corrected chi connectivity index (χ1v) is 7.66. The number of aliphatic hydroxyl groups is 1. The summed E-state index contributed by atoms with van der Waals surface area (Å²) < 4.78 is 1.14. The van der Waals surface area contributed by atoms with Crippen molar-refractivity contribution in [2.24, 2.45) is 5.73 Å². The van der Waals surface area contributed by atoms with Crippen molar-refractivity contribution in [1.29, 1.82) is 0 Å². The van der Waals surface area contributed by atoms with E-state index in [1.807, 2.05) is 30.8 Å². The Labute approximate surface area is 116 Å². The number of benzene rings is 1. The van der Waals surface area contributed by atoms with Crippen LogP contribution in [-0.2, 0) is 0 Å². The molecule has 1 unspecified atom stereocenters. The van der Waals surface area contributed by atoms with Gasteiger partial charge < -0.3 is 10.8 Å². The third-order valence-corrected chi connectivity index (χ3v) is 5.05. The summed E-state index contributed by atoms with van der Waals surface area (Å²) in [5, 5.41) is 9.21. The van der Waals surface area contributed by atoms with Crippen LogP contribution < -0.4 is 5.73 Å². The lowest BCUT2D eigenvalue weighted by Crippen LogP contribution is -2.42. The Kier molecular flexibility index (Phi) is 6.55. The zero-order valence-electron chi connectivity index (χ0n) is 10.2. The molecule has 2 nitrogen and oxygen atoms in total. The van der Waals surface area contributed by atoms with Crippen molar-refractivity contribution in [1.82, 2.24) is 0 Å². The van der Waals surface area contributed by atoms with Crippen molar-refractivity contribution in [2.75, 3.05) is 12.4 Å². The van der Waals surface area contributed by atoms with Crippen LogP contribution in [0.25, 0.3) is 0 Å². The molecule has 1 aromatic rings. The highest BCUT2D eigenvalue weighted by Crippen LogP contribution is 2.28. The van der Waals surface area contributed by atoms with Crippen molar-refractivity contribution in [2.45, 2.75) is 36.6 Å². The van der Waals surface area contributed by atoms with Gasteiger partial charge in [0.2, 0.25) is 0 Å². The van der Waals surface area contributed by atoms with Crippen molar-refractivity contribution >= 4 is 27.7 Å². The van der Waals surface area contributed by atoms with Gasteiger partial charge in [-0.1, -0.05) is 19.1 Å². The topological polar surface area (TPSA) is 46.2 Å². The Morgan fingerprint density at radius 3 is 2.71 bits per heavy atom. The van der Waals surface area contributed by atoms with E-state index in [9.17, 15) is 5.11 Å². The normalized spacial score (nSPS) is 14.6. The maximum Gasteiger partial charge on any atom is 0.0611 e. The summed E-state index contributed by atoms with van der Waals surface area (Å²) in [7, 11) is 0. The van der Waals surface area contributed by atoms with E-state index < -0.39 is 5.54 Å². The molecule has 1 atom stereocenters. The first-order valence-electron chi connectivity index (χ1n) is 5.88. The molecule has 0 aromatic heterocycles. The average Bonchev–Trinajstić information content (AvgIpc) is 2.36. The smallest absolute Gasteiger partial charge is 0.0611 e. The molecule has 0 aliphatic rings. The van der Waals surface area contributed by atoms with E-state index in [0.29, 0.717) is 0 Å². The summed E-state index contributed by atoms with van der Waals surface area (Å²) in [4.78, 5) is 1.26. The van der Waals surface area contributed by atoms with Crippen LogP contribution >= 0.6 is 27.7 Å². The summed E-state index contributed by atoms with van der Waals surface area (Å²) in [6.07, 6.45) is 2.72. The van der Waals surface area contributed by atoms with E-state index in [1.165, 1.54) is 4.90 Å². The molecule has 0 amide bonds. The van der Waals surface area contributed by atoms with Gasteiger partial charge in [-0.3, -0.25) is 0 Å². The quantitative estimate of drug-likeness (QED) is 0.598. The van der Waals surface area contributed by atoms with Crippen LogP contribution in [0.2, 0.25) is 0 Å². The molecule has 1 aromatic carbocycles. The van der Waals surface area contributed by atoms with Gasteiger partial charge in [0.1, 0.15) is 0 Å². The van der Waals surface area contributed by atoms with Crippen LogP contribution in [-0.4, -0.2) is 23.0 Å². The van der Waals surface area contributed by atoms with Gasteiger partial charge in [0, 0.05) is 14.9 Å². The molecule has 0 bridgehead atoms. The molecule has 0 heterocycles. The Bertz CT molecular complexity index is 342. The number of halogens is 1. The van der Waals surface area contributed by atoms with Crippen molar-refractivity contribution in [3.63, 3.8) is 0 Å². The number of nitrogens with two attached hydrogens (primary N) is 1. The molecule has 0 aliphatic carbocycles. The van der Waals surface area contributed by atoms with Crippen molar-refractivity contribution < 1.29 is 5.11 Å². The molecule has 4 heteroatoms. The molecule has 1 rings (SSSR count). The van der Waals surface area contributed by atoms with Crippen LogP contribution in [0.4, 0.5) is 0 Å². The van der Waals surface area contributed by atoms with Crippen molar-refractivity contribution in [3.8, 4) is 0 Å². The predicted molar refractivity (Wildman–Crippen MR) is 78.4 cm³/mol. The summed E-state index contributed by atoms with van der Waals surface area (Å²) in [5.41, 5.74) is 5.64. The number of hydrogen-bond acceptors (Lipinski definition) is 3. The second-order valence-electron chi connectivity index (χ2n) is 4.26. The maximum absolute atomic E-state index is 9.21. The lowest BCUT2D eigenvalue weighted by atomic mass is 9.93. The van der Waals surface area contributed by atoms with E-state index >= 15 is 0 Å². The summed E-state index contributed by atoms with van der Waals surface area (Å²) in [6, 6.07) is 8.22. The lowest BCUT2D eigenvalue weighted by Gasteiger charge is -2.25. The second kappa shape index (κ2) is 7.41. The minimum Gasteiger partial charge on any atom is -0.394 e. The van der Waals surface area contributed by atoms with Crippen LogP contribution in [0.3, 0.4) is 0 Å². The molecule has 3 N–H and O–H groups in total. The molecule has 0 saturated heterocycles. The summed E-state index contributed by atoms with van der Waals surface area (Å²) in [5.74, 6) is 1.03. The molecule has 0 saturated carbocycles. The fourth-order valence-electron chi connectivity index (χ4n) is 1.54. The fourth-order valence-corrected chi connectivity index (χ4v) is 3.05. The van der Waals surface area contributed by atoms with E-state index in [-0.39, 0.29) is 6.61 Å². The third kappa shape index (κ3) is 5.00. The zero-order valence-corrected chi connectivity index (χ0v) is 12.6. The fraction of sp³-hybridized carbons (Fsp3) is 0.538. The van der Waals surface area contributed by atoms with Gasteiger partial charge in [-0.25, -0.2) is 0 Å². The van der Waals surface area contributed by atoms with Crippen LogP contribution in [0.15, 0.2) is 33.6 Å². The number of rotatable bonds is 7. The van der Waals surface area contributed by atoms with E-state index in [1.54, 1.807) is 0 Å². The zero-order chi connectivity index (χ0) is 12.7. The van der Waals surface area contributed by atoms with Crippen LogP contribution in [0.5, 0.6) is 0 Å². The van der Waals surface area contributed by atoms with Gasteiger partial charge in [0.15, 0.2) is 0 Å². The molecule has 17 heavy (non-hydrogen) atoms. The Morgan fingerprint density at radius 1 is 1.41 bits per heavy atom. The molecular weight excluding hydrogens is 298 g/mol. The number of hydrogen-bond donors (Lipinski definition) is 2. The highest BCUT2D eigenvalue weighted by Gasteiger charge is 2.20. The predicted octanol–water partition coefficient (Wildman–Crippen LogP) is 3.42. The second-order valence-corrected chi connectivity index (χ2v) is 6.25. The lowest BCUT2D eigenvalue weighted by molar-refractivity contribution is 0.182. The number of aliphatic hydroxyl groups excluding tert-OH is 1. The standard InChI is InChI=1S/C13H20BrNOS/c1-2-13(15,10-16)8-5-9-17-12-7-4-3-6-11(12)14/h3-4,6-7,16H,2,5,8-10,15H2,1H3. The van der Waals surface area contributed by atoms with E-state index in [0.717, 1.165) is 29.5 Å². The van der Waals surface area contributed by atoms with Gasteiger partial charge >= 0.3 is 0 Å². The Morgan fingerprint density at radius 2 is 2.12 bits per heavy atom. The minimum atomic E-state index is -0.394. The highest BCUT2D eigenvalue weighted by atomic mass is 79.9. The summed E-state index contributed by atoms with van der Waals surface area (Å²) >= 11 is 5.35. The van der Waals surface area contributed by atoms with Gasteiger partial charge in [-0.2, -0.15) is 0 Å². The maximum atomic E-state index is 9.21. The Hall–Kier alpha value is -0.0300. The summed E-state index contributed by atoms with van der Waals surface area (Å²) in [6.45, 7) is 2.10. The molecule has 0 radical (unpaired) electrons. The van der Waals surface area contributed by atoms with E-state index in [4.69, 9.17) is 5.73 Å². The van der Waals surface area contributed by atoms with Crippen molar-refractivity contribution in [3.05, 3.63) is 28.7 Å². The third-order valence-electron chi connectivity index (χ3n) is 2.93. The average molecular weight is 318 g/mol. The Balaban J connectivity index is 2.32. The number of thioether (sulfide) groups is 1. The van der Waals surface area contributed by atoms with Gasteiger partial charge in [-0.05, 0) is 53.1 Å². The first-order chi connectivity index (χ1) is 8.11. The molecule has 0 fully saturated rings. The molecule has 0 spiro atoms. The largest absolute Gasteiger partial charge is 0.394 e. The highest BCUT2D eigenvalue weighted by molar-refractivity contribution is 9.10. The van der Waals surface area contributed by atoms with Gasteiger partial charge in [-0.15, -0.1) is 11.8 Å². The van der Waals surface area contributed by atoms with Gasteiger partial charge in [0.05, 0.1) is 6.61 Å². The molecule has 96 valence electrons. The monoisotopic (exact) mass is 317 g/mol. The SMILES string of the molecule is CCC(N)(CO)CCCSc1ccccc1Br. The van der Waals surface area contributed by atoms with Crippen LogP contribution in [0.1, 0.15) is 26.2 Å². The van der Waals surface area contributed by atoms with Gasteiger partial charge in [0.25, 0.3) is 0 Å². The first kappa shape index (κ1) is 15.0. The van der Waals surface area contributed by atoms with E-state index in [2.05, 4.69) is 28.1 Å². The van der Waals surface area contributed by atoms with Crippen LogP contribution in [0, 0.1) is 0 Å².